The molecule has 6 heteroatoms. The Morgan fingerprint density at radius 1 is 1.18 bits per heavy atom. The number of aryl methyl sites for hydroxylation is 1. The van der Waals surface area contributed by atoms with Crippen LogP contribution >= 0.6 is 0 Å². The Kier molecular flexibility index (Phi) is 5.88. The summed E-state index contributed by atoms with van der Waals surface area (Å²) in [5, 5.41) is 3.04. The van der Waals surface area contributed by atoms with E-state index < -0.39 is 0 Å². The first-order chi connectivity index (χ1) is 13.7. The SMILES string of the molecule is Cc1ccccc1Oc1ncccc1CNC(=O)CC1NNC2CCCCC21. The van der Waals surface area contributed by atoms with Crippen LogP contribution in [0.1, 0.15) is 43.2 Å². The predicted molar refractivity (Wildman–Crippen MR) is 108 cm³/mol. The number of aromatic nitrogens is 1. The molecule has 0 spiro atoms. The van der Waals surface area contributed by atoms with Crippen LogP contribution in [0.2, 0.25) is 0 Å². The van der Waals surface area contributed by atoms with E-state index in [0.717, 1.165) is 16.9 Å². The Bertz CT molecular complexity index is 826. The topological polar surface area (TPSA) is 75.3 Å². The average molecular weight is 380 g/mol. The van der Waals surface area contributed by atoms with E-state index in [4.69, 9.17) is 4.74 Å². The molecule has 2 fully saturated rings. The summed E-state index contributed by atoms with van der Waals surface area (Å²) >= 11 is 0. The fourth-order valence-electron chi connectivity index (χ4n) is 4.24. The van der Waals surface area contributed by atoms with Crippen LogP contribution in [0.3, 0.4) is 0 Å². The summed E-state index contributed by atoms with van der Waals surface area (Å²) in [6, 6.07) is 12.4. The van der Waals surface area contributed by atoms with Crippen LogP contribution in [0, 0.1) is 12.8 Å². The lowest BCUT2D eigenvalue weighted by atomic mass is 9.81. The second-order valence-corrected chi connectivity index (χ2v) is 7.77. The number of carbonyl (C=O) groups is 1. The Morgan fingerprint density at radius 3 is 2.93 bits per heavy atom. The van der Waals surface area contributed by atoms with E-state index >= 15 is 0 Å². The second-order valence-electron chi connectivity index (χ2n) is 7.77. The van der Waals surface area contributed by atoms with Crippen LogP contribution in [0.4, 0.5) is 0 Å². The molecule has 1 saturated carbocycles. The quantitative estimate of drug-likeness (QED) is 0.717. The van der Waals surface area contributed by atoms with Gasteiger partial charge in [-0.15, -0.1) is 0 Å². The van der Waals surface area contributed by atoms with Gasteiger partial charge in [0.15, 0.2) is 0 Å². The molecule has 1 aliphatic carbocycles. The summed E-state index contributed by atoms with van der Waals surface area (Å²) in [6.45, 7) is 2.41. The highest BCUT2D eigenvalue weighted by molar-refractivity contribution is 5.76. The van der Waals surface area contributed by atoms with E-state index in [1.54, 1.807) is 6.20 Å². The highest BCUT2D eigenvalue weighted by atomic mass is 16.5. The number of nitrogens with one attached hydrogen (secondary N) is 3. The number of ether oxygens (including phenoxy) is 1. The minimum absolute atomic E-state index is 0.0521. The maximum Gasteiger partial charge on any atom is 0.224 e. The molecule has 148 valence electrons. The van der Waals surface area contributed by atoms with Gasteiger partial charge in [-0.05, 0) is 43.4 Å². The lowest BCUT2D eigenvalue weighted by molar-refractivity contribution is -0.121. The molecular formula is C22H28N4O2. The van der Waals surface area contributed by atoms with Gasteiger partial charge in [0.25, 0.3) is 0 Å². The molecule has 3 unspecified atom stereocenters. The lowest BCUT2D eigenvalue weighted by Gasteiger charge is -2.26. The minimum atomic E-state index is 0.0521. The van der Waals surface area contributed by atoms with Crippen LogP contribution < -0.4 is 20.9 Å². The summed E-state index contributed by atoms with van der Waals surface area (Å²) in [5.41, 5.74) is 8.61. The molecule has 2 aliphatic rings. The molecule has 1 saturated heterocycles. The number of amides is 1. The number of rotatable bonds is 6. The number of para-hydroxylation sites is 1. The number of pyridine rings is 1. The maximum absolute atomic E-state index is 12.5. The van der Waals surface area contributed by atoms with E-state index in [2.05, 4.69) is 21.2 Å². The number of benzene rings is 1. The monoisotopic (exact) mass is 380 g/mol. The van der Waals surface area contributed by atoms with Crippen molar-refractivity contribution in [3.05, 3.63) is 53.7 Å². The van der Waals surface area contributed by atoms with Crippen LogP contribution in [-0.2, 0) is 11.3 Å². The zero-order valence-corrected chi connectivity index (χ0v) is 16.3. The van der Waals surface area contributed by atoms with Gasteiger partial charge in [0.05, 0.1) is 0 Å². The van der Waals surface area contributed by atoms with Gasteiger partial charge in [-0.1, -0.05) is 37.1 Å². The second kappa shape index (κ2) is 8.71. The van der Waals surface area contributed by atoms with Crippen LogP contribution in [0.25, 0.3) is 0 Å². The molecule has 1 aromatic carbocycles. The van der Waals surface area contributed by atoms with Gasteiger partial charge in [0.2, 0.25) is 11.8 Å². The van der Waals surface area contributed by atoms with Gasteiger partial charge < -0.3 is 10.1 Å². The Labute approximate surface area is 166 Å². The third-order valence-corrected chi connectivity index (χ3v) is 5.82. The zero-order chi connectivity index (χ0) is 19.3. The van der Waals surface area contributed by atoms with Gasteiger partial charge >= 0.3 is 0 Å². The van der Waals surface area contributed by atoms with E-state index in [0.29, 0.717) is 30.8 Å². The number of carbonyl (C=O) groups excluding carboxylic acids is 1. The molecule has 1 aliphatic heterocycles. The number of nitrogens with zero attached hydrogens (tertiary/aromatic N) is 1. The first-order valence-corrected chi connectivity index (χ1v) is 10.2. The molecule has 0 bridgehead atoms. The molecule has 6 nitrogen and oxygen atoms in total. The molecule has 3 atom stereocenters. The third kappa shape index (κ3) is 4.34. The lowest BCUT2D eigenvalue weighted by Crippen LogP contribution is -2.37. The van der Waals surface area contributed by atoms with Gasteiger partial charge in [-0.2, -0.15) is 0 Å². The molecule has 28 heavy (non-hydrogen) atoms. The van der Waals surface area contributed by atoms with Gasteiger partial charge in [0, 0.05) is 36.8 Å². The Morgan fingerprint density at radius 2 is 2.04 bits per heavy atom. The average Bonchev–Trinajstić information content (AvgIpc) is 3.12. The van der Waals surface area contributed by atoms with Crippen molar-refractivity contribution in [3.8, 4) is 11.6 Å². The van der Waals surface area contributed by atoms with Crippen molar-refractivity contribution in [1.29, 1.82) is 0 Å². The summed E-state index contributed by atoms with van der Waals surface area (Å²) < 4.78 is 5.99. The van der Waals surface area contributed by atoms with Crippen molar-refractivity contribution in [2.24, 2.45) is 5.92 Å². The molecule has 2 aromatic rings. The number of hydrogen-bond donors (Lipinski definition) is 3. The fourth-order valence-corrected chi connectivity index (χ4v) is 4.24. The maximum atomic E-state index is 12.5. The number of fused-ring (bicyclic) bond motifs is 1. The van der Waals surface area contributed by atoms with E-state index in [-0.39, 0.29) is 11.9 Å². The fraction of sp³-hybridized carbons (Fsp3) is 0.455. The van der Waals surface area contributed by atoms with Gasteiger partial charge in [-0.3, -0.25) is 15.6 Å². The number of hydrazine groups is 1. The van der Waals surface area contributed by atoms with Crippen molar-refractivity contribution < 1.29 is 9.53 Å². The zero-order valence-electron chi connectivity index (χ0n) is 16.3. The van der Waals surface area contributed by atoms with Gasteiger partial charge in [0.1, 0.15) is 5.75 Å². The van der Waals surface area contributed by atoms with Crippen LogP contribution in [-0.4, -0.2) is 23.0 Å². The van der Waals surface area contributed by atoms with E-state index in [1.165, 1.54) is 25.7 Å². The highest BCUT2D eigenvalue weighted by Gasteiger charge is 2.37. The van der Waals surface area contributed by atoms with Crippen molar-refractivity contribution in [2.45, 2.75) is 57.7 Å². The largest absolute Gasteiger partial charge is 0.438 e. The normalized spacial score (nSPS) is 23.8. The summed E-state index contributed by atoms with van der Waals surface area (Å²) in [6.07, 6.45) is 7.13. The molecule has 0 radical (unpaired) electrons. The minimum Gasteiger partial charge on any atom is -0.438 e. The smallest absolute Gasteiger partial charge is 0.224 e. The molecule has 3 N–H and O–H groups in total. The Hall–Kier alpha value is -2.44. The van der Waals surface area contributed by atoms with Gasteiger partial charge in [-0.25, -0.2) is 4.98 Å². The highest BCUT2D eigenvalue weighted by Crippen LogP contribution is 2.31. The van der Waals surface area contributed by atoms with Crippen molar-refractivity contribution >= 4 is 5.91 Å². The summed E-state index contributed by atoms with van der Waals surface area (Å²) in [4.78, 5) is 16.9. The summed E-state index contributed by atoms with van der Waals surface area (Å²) in [7, 11) is 0. The van der Waals surface area contributed by atoms with Crippen molar-refractivity contribution in [3.63, 3.8) is 0 Å². The van der Waals surface area contributed by atoms with Crippen LogP contribution in [0.5, 0.6) is 11.6 Å². The van der Waals surface area contributed by atoms with Crippen LogP contribution in [0.15, 0.2) is 42.6 Å². The molecule has 2 heterocycles. The van der Waals surface area contributed by atoms with Crippen molar-refractivity contribution in [2.75, 3.05) is 0 Å². The summed E-state index contributed by atoms with van der Waals surface area (Å²) in [5.74, 6) is 1.91. The van der Waals surface area contributed by atoms with Crippen molar-refractivity contribution in [1.82, 2.24) is 21.2 Å². The molecule has 4 rings (SSSR count). The predicted octanol–water partition coefficient (Wildman–Crippen LogP) is 3.22. The third-order valence-electron chi connectivity index (χ3n) is 5.82. The molecule has 1 amide bonds. The number of hydrogen-bond acceptors (Lipinski definition) is 5. The molecule has 1 aromatic heterocycles. The standard InChI is InChI=1S/C22H28N4O2/c1-15-7-2-5-11-20(15)28-22-16(8-6-12-23-22)14-24-21(27)13-19-17-9-3-4-10-18(17)25-26-19/h2,5-8,11-12,17-19,25-26H,3-4,9-10,13-14H2,1H3,(H,24,27). The van der Waals surface area contributed by atoms with E-state index in [9.17, 15) is 4.79 Å². The molecular weight excluding hydrogens is 352 g/mol. The van der Waals surface area contributed by atoms with E-state index in [1.807, 2.05) is 43.3 Å². The first kappa shape index (κ1) is 18.9. The first-order valence-electron chi connectivity index (χ1n) is 10.2. The Balaban J connectivity index is 1.35.